The Hall–Kier alpha value is -1.74. The molecule has 0 atom stereocenters. The minimum absolute atomic E-state index is 0.259. The van der Waals surface area contributed by atoms with E-state index < -0.39 is 0 Å². The molecule has 1 aromatic carbocycles. The van der Waals surface area contributed by atoms with Crippen LogP contribution in [0.4, 0.5) is 5.82 Å². The third kappa shape index (κ3) is 2.16. The second-order valence-corrected chi connectivity index (χ2v) is 7.37. The Morgan fingerprint density at radius 1 is 1.19 bits per heavy atom. The van der Waals surface area contributed by atoms with Crippen molar-refractivity contribution in [3.8, 4) is 33.9 Å². The van der Waals surface area contributed by atoms with E-state index in [-0.39, 0.29) is 6.79 Å². The van der Waals surface area contributed by atoms with Crippen molar-refractivity contribution in [3.63, 3.8) is 0 Å². The molecule has 3 N–H and O–H groups in total. The quantitative estimate of drug-likeness (QED) is 0.631. The van der Waals surface area contributed by atoms with Gasteiger partial charge in [0.2, 0.25) is 6.79 Å². The molecular weight excluding hydrogens is 401 g/mol. The summed E-state index contributed by atoms with van der Waals surface area (Å²) in [6.07, 6.45) is 0. The molecule has 0 fully saturated rings. The molecule has 3 aromatic rings. The van der Waals surface area contributed by atoms with Crippen molar-refractivity contribution in [2.75, 3.05) is 12.5 Å². The van der Waals surface area contributed by atoms with E-state index in [1.165, 1.54) is 2.88 Å². The van der Waals surface area contributed by atoms with Gasteiger partial charge >= 0.3 is 0 Å². The number of benzene rings is 1. The van der Waals surface area contributed by atoms with Gasteiger partial charge < -0.3 is 15.2 Å². The molecule has 0 amide bonds. The van der Waals surface area contributed by atoms with Crippen LogP contribution in [0.1, 0.15) is 0 Å². The average Bonchev–Trinajstić information content (AvgIpc) is 3.17. The van der Waals surface area contributed by atoms with Crippen LogP contribution in [0.2, 0.25) is 0 Å². The lowest BCUT2D eigenvalue weighted by atomic mass is 10.0. The Kier molecular flexibility index (Phi) is 3.03. The number of hydrogen-bond donors (Lipinski definition) is 2. The number of fused-ring (bicyclic) bond motifs is 1. The molecule has 5 nitrogen and oxygen atoms in total. The van der Waals surface area contributed by atoms with Crippen LogP contribution in [0.15, 0.2) is 29.6 Å². The SMILES string of the molecule is Nc1n[nH]c(-c2csc(I)c2)c1-c1ccc2c(c1)OCO2. The highest BCUT2D eigenvalue weighted by molar-refractivity contribution is 14.1. The largest absolute Gasteiger partial charge is 0.454 e. The van der Waals surface area contributed by atoms with E-state index >= 15 is 0 Å². The number of halogens is 1. The molecular formula is C14H10IN3O2S. The van der Waals surface area contributed by atoms with E-state index in [9.17, 15) is 0 Å². The average molecular weight is 411 g/mol. The van der Waals surface area contributed by atoms with Crippen molar-refractivity contribution in [2.45, 2.75) is 0 Å². The zero-order chi connectivity index (χ0) is 14.4. The van der Waals surface area contributed by atoms with Gasteiger partial charge in [-0.15, -0.1) is 11.3 Å². The van der Waals surface area contributed by atoms with Crippen LogP contribution in [0.25, 0.3) is 22.4 Å². The number of ether oxygens (including phenoxy) is 2. The number of nitrogens with zero attached hydrogens (tertiary/aromatic N) is 1. The number of nitrogens with one attached hydrogen (secondary N) is 1. The highest BCUT2D eigenvalue weighted by Crippen LogP contribution is 2.41. The lowest BCUT2D eigenvalue weighted by Gasteiger charge is -2.04. The summed E-state index contributed by atoms with van der Waals surface area (Å²) in [5.74, 6) is 1.97. The number of hydrogen-bond acceptors (Lipinski definition) is 5. The molecule has 3 heterocycles. The summed E-state index contributed by atoms with van der Waals surface area (Å²) >= 11 is 3.99. The molecule has 0 unspecified atom stereocenters. The molecule has 2 aromatic heterocycles. The van der Waals surface area contributed by atoms with Crippen molar-refractivity contribution in [1.82, 2.24) is 10.2 Å². The summed E-state index contributed by atoms with van der Waals surface area (Å²) in [5, 5.41) is 9.27. The van der Waals surface area contributed by atoms with Crippen molar-refractivity contribution in [2.24, 2.45) is 0 Å². The highest BCUT2D eigenvalue weighted by Gasteiger charge is 2.19. The zero-order valence-corrected chi connectivity index (χ0v) is 13.7. The van der Waals surface area contributed by atoms with Crippen LogP contribution in [0, 0.1) is 2.88 Å². The summed E-state index contributed by atoms with van der Waals surface area (Å²) < 4.78 is 12.0. The van der Waals surface area contributed by atoms with E-state index in [0.717, 1.165) is 33.9 Å². The van der Waals surface area contributed by atoms with Gasteiger partial charge in [-0.25, -0.2) is 0 Å². The number of thiophene rings is 1. The Labute approximate surface area is 138 Å². The van der Waals surface area contributed by atoms with Gasteiger partial charge in [0.15, 0.2) is 17.3 Å². The third-order valence-corrected chi connectivity index (χ3v) is 5.10. The second-order valence-electron chi connectivity index (χ2n) is 4.57. The number of H-pyrrole nitrogens is 1. The maximum Gasteiger partial charge on any atom is 0.231 e. The number of nitrogens with two attached hydrogens (primary N) is 1. The summed E-state index contributed by atoms with van der Waals surface area (Å²) in [4.78, 5) is 0. The molecule has 7 heteroatoms. The number of anilines is 1. The number of rotatable bonds is 2. The van der Waals surface area contributed by atoms with Crippen molar-refractivity contribution >= 4 is 39.7 Å². The van der Waals surface area contributed by atoms with Gasteiger partial charge in [0.1, 0.15) is 0 Å². The molecule has 106 valence electrons. The van der Waals surface area contributed by atoms with Gasteiger partial charge in [0.05, 0.1) is 14.1 Å². The van der Waals surface area contributed by atoms with Crippen LogP contribution in [-0.2, 0) is 0 Å². The molecule has 0 saturated heterocycles. The normalized spacial score (nSPS) is 12.8. The first-order valence-electron chi connectivity index (χ1n) is 6.20. The molecule has 0 saturated carbocycles. The van der Waals surface area contributed by atoms with Crippen LogP contribution < -0.4 is 15.2 Å². The smallest absolute Gasteiger partial charge is 0.231 e. The topological polar surface area (TPSA) is 73.2 Å². The monoisotopic (exact) mass is 411 g/mol. The van der Waals surface area contributed by atoms with Gasteiger partial charge in [-0.05, 0) is 46.4 Å². The van der Waals surface area contributed by atoms with E-state index in [1.54, 1.807) is 11.3 Å². The van der Waals surface area contributed by atoms with Crippen molar-refractivity contribution < 1.29 is 9.47 Å². The molecule has 0 bridgehead atoms. The first-order chi connectivity index (χ1) is 10.2. The Morgan fingerprint density at radius 2 is 2.05 bits per heavy atom. The van der Waals surface area contributed by atoms with Gasteiger partial charge in [-0.3, -0.25) is 5.10 Å². The fourth-order valence-electron chi connectivity index (χ4n) is 2.35. The molecule has 4 rings (SSSR count). The van der Waals surface area contributed by atoms with E-state index in [1.807, 2.05) is 18.2 Å². The van der Waals surface area contributed by atoms with Crippen LogP contribution in [0.5, 0.6) is 11.5 Å². The molecule has 0 spiro atoms. The molecule has 1 aliphatic rings. The first kappa shape index (κ1) is 13.0. The van der Waals surface area contributed by atoms with Crippen molar-refractivity contribution in [1.29, 1.82) is 0 Å². The minimum Gasteiger partial charge on any atom is -0.454 e. The Morgan fingerprint density at radius 3 is 2.86 bits per heavy atom. The molecule has 0 aliphatic carbocycles. The predicted octanol–water partition coefficient (Wildman–Crippen LogP) is 3.72. The Bertz CT molecular complexity index is 827. The van der Waals surface area contributed by atoms with E-state index in [0.29, 0.717) is 5.82 Å². The second kappa shape index (κ2) is 4.92. The van der Waals surface area contributed by atoms with Crippen LogP contribution in [-0.4, -0.2) is 17.0 Å². The summed E-state index contributed by atoms with van der Waals surface area (Å²) in [5.41, 5.74) is 9.91. The Balaban J connectivity index is 1.87. The summed E-state index contributed by atoms with van der Waals surface area (Å²) in [6, 6.07) is 7.90. The first-order valence-corrected chi connectivity index (χ1v) is 8.16. The number of aromatic nitrogens is 2. The lowest BCUT2D eigenvalue weighted by Crippen LogP contribution is -1.93. The highest BCUT2D eigenvalue weighted by atomic mass is 127. The van der Waals surface area contributed by atoms with Gasteiger partial charge in [-0.2, -0.15) is 5.10 Å². The lowest BCUT2D eigenvalue weighted by molar-refractivity contribution is 0.174. The maximum atomic E-state index is 6.05. The van der Waals surface area contributed by atoms with Crippen LogP contribution in [0.3, 0.4) is 0 Å². The zero-order valence-electron chi connectivity index (χ0n) is 10.7. The predicted molar refractivity (Wildman–Crippen MR) is 90.6 cm³/mol. The van der Waals surface area contributed by atoms with Crippen molar-refractivity contribution in [3.05, 3.63) is 32.5 Å². The standard InChI is InChI=1S/C14H10IN3O2S/c15-11-4-8(5-21-11)13-12(14(16)18-17-13)7-1-2-9-10(3-7)20-6-19-9/h1-5H,6H2,(H3,16,17,18). The fraction of sp³-hybridized carbons (Fsp3) is 0.0714. The molecule has 0 radical (unpaired) electrons. The van der Waals surface area contributed by atoms with E-state index in [4.69, 9.17) is 15.2 Å². The number of aromatic amines is 1. The minimum atomic E-state index is 0.259. The van der Waals surface area contributed by atoms with Gasteiger partial charge in [-0.1, -0.05) is 6.07 Å². The van der Waals surface area contributed by atoms with E-state index in [2.05, 4.69) is 44.2 Å². The third-order valence-electron chi connectivity index (χ3n) is 3.31. The maximum absolute atomic E-state index is 6.05. The fourth-order valence-corrected chi connectivity index (χ4v) is 3.69. The number of nitrogen functional groups attached to an aromatic ring is 1. The summed E-state index contributed by atoms with van der Waals surface area (Å²) in [6.45, 7) is 0.259. The van der Waals surface area contributed by atoms with Gasteiger partial charge in [0, 0.05) is 10.9 Å². The van der Waals surface area contributed by atoms with Gasteiger partial charge in [0.25, 0.3) is 0 Å². The molecule has 1 aliphatic heterocycles. The van der Waals surface area contributed by atoms with Crippen LogP contribution >= 0.6 is 33.9 Å². The molecule has 21 heavy (non-hydrogen) atoms. The summed E-state index contributed by atoms with van der Waals surface area (Å²) in [7, 11) is 0.